The summed E-state index contributed by atoms with van der Waals surface area (Å²) in [4.78, 5) is 22.4. The zero-order valence-corrected chi connectivity index (χ0v) is 13.2. The number of hydrogen-bond donors (Lipinski definition) is 4. The summed E-state index contributed by atoms with van der Waals surface area (Å²) in [5.41, 5.74) is 0.655. The molecule has 6 nitrogen and oxygen atoms in total. The summed E-state index contributed by atoms with van der Waals surface area (Å²) in [6, 6.07) is 10.1. The first kappa shape index (κ1) is 15.6. The lowest BCUT2D eigenvalue weighted by molar-refractivity contribution is -0.115. The molecule has 0 heterocycles. The van der Waals surface area contributed by atoms with Gasteiger partial charge in [-0.3, -0.25) is 9.59 Å². The van der Waals surface area contributed by atoms with Crippen molar-refractivity contribution >= 4 is 44.7 Å². The van der Waals surface area contributed by atoms with Crippen molar-refractivity contribution in [2.45, 2.75) is 13.8 Å². The van der Waals surface area contributed by atoms with Crippen LogP contribution >= 0.6 is 0 Å². The summed E-state index contributed by atoms with van der Waals surface area (Å²) in [5.74, 6) is -0.609. The van der Waals surface area contributed by atoms with E-state index in [-0.39, 0.29) is 23.3 Å². The molecule has 2 amide bonds. The summed E-state index contributed by atoms with van der Waals surface area (Å²) in [7, 11) is 0. The molecule has 3 aromatic carbocycles. The molecule has 0 atom stereocenters. The average molecular weight is 324 g/mol. The minimum absolute atomic E-state index is 0.0297. The molecule has 0 unspecified atom stereocenters. The Morgan fingerprint density at radius 2 is 1.00 bits per heavy atom. The molecule has 0 fully saturated rings. The predicted molar refractivity (Wildman–Crippen MR) is 93.4 cm³/mol. The first-order valence-electron chi connectivity index (χ1n) is 7.32. The second kappa shape index (κ2) is 5.73. The molecule has 0 spiro atoms. The van der Waals surface area contributed by atoms with E-state index in [0.717, 1.165) is 21.5 Å². The van der Waals surface area contributed by atoms with E-state index in [1.165, 1.54) is 13.8 Å². The maximum atomic E-state index is 11.2. The maximum Gasteiger partial charge on any atom is 0.221 e. The third-order valence-electron chi connectivity index (χ3n) is 3.65. The maximum absolute atomic E-state index is 11.2. The van der Waals surface area contributed by atoms with Crippen LogP contribution in [-0.4, -0.2) is 22.0 Å². The van der Waals surface area contributed by atoms with Crippen LogP contribution in [-0.2, 0) is 9.59 Å². The fraction of sp³-hybridized carbons (Fsp3) is 0.111. The Kier molecular flexibility index (Phi) is 3.73. The van der Waals surface area contributed by atoms with E-state index in [2.05, 4.69) is 10.6 Å². The second-order valence-corrected chi connectivity index (χ2v) is 5.65. The Morgan fingerprint density at radius 1 is 0.667 bits per heavy atom. The summed E-state index contributed by atoms with van der Waals surface area (Å²) in [6.07, 6.45) is 0. The van der Waals surface area contributed by atoms with E-state index in [4.69, 9.17) is 0 Å². The monoisotopic (exact) mass is 324 g/mol. The van der Waals surface area contributed by atoms with Gasteiger partial charge in [-0.25, -0.2) is 0 Å². The number of nitrogens with one attached hydrogen (secondary N) is 2. The number of phenolic OH excluding ortho intramolecular Hbond substituents is 2. The molecule has 0 radical (unpaired) electrons. The molecular formula is C18H16N2O4. The zero-order valence-electron chi connectivity index (χ0n) is 13.2. The van der Waals surface area contributed by atoms with Gasteiger partial charge in [0.15, 0.2) is 0 Å². The van der Waals surface area contributed by atoms with Gasteiger partial charge < -0.3 is 20.8 Å². The van der Waals surface area contributed by atoms with Crippen molar-refractivity contribution in [2.24, 2.45) is 0 Å². The Balaban J connectivity index is 2.19. The van der Waals surface area contributed by atoms with E-state index in [1.54, 1.807) is 24.3 Å². The third-order valence-corrected chi connectivity index (χ3v) is 3.65. The van der Waals surface area contributed by atoms with Gasteiger partial charge in [-0.2, -0.15) is 0 Å². The van der Waals surface area contributed by atoms with Crippen LogP contribution in [0.2, 0.25) is 0 Å². The molecule has 6 heteroatoms. The average Bonchev–Trinajstić information content (AvgIpc) is 2.46. The number of carbonyl (C=O) groups is 2. The first-order valence-corrected chi connectivity index (χ1v) is 7.32. The number of anilines is 2. The number of rotatable bonds is 2. The normalized spacial score (nSPS) is 10.8. The van der Waals surface area contributed by atoms with E-state index in [0.29, 0.717) is 11.4 Å². The highest BCUT2D eigenvalue weighted by Crippen LogP contribution is 2.35. The van der Waals surface area contributed by atoms with Crippen molar-refractivity contribution in [2.75, 3.05) is 10.6 Å². The Labute approximate surface area is 137 Å². The lowest BCUT2D eigenvalue weighted by atomic mass is 10.0. The van der Waals surface area contributed by atoms with Gasteiger partial charge in [0.2, 0.25) is 11.8 Å². The SMILES string of the molecule is CC(=O)Nc1cc2cc3cc(O)c(NC(C)=O)cc3cc2cc1O. The lowest BCUT2D eigenvalue weighted by Gasteiger charge is -2.11. The Bertz CT molecular complexity index is 914. The van der Waals surface area contributed by atoms with Gasteiger partial charge in [0.25, 0.3) is 0 Å². The second-order valence-electron chi connectivity index (χ2n) is 5.65. The third kappa shape index (κ3) is 2.94. The van der Waals surface area contributed by atoms with Crippen LogP contribution in [0.3, 0.4) is 0 Å². The lowest BCUT2D eigenvalue weighted by Crippen LogP contribution is -2.06. The van der Waals surface area contributed by atoms with Crippen LogP contribution in [0.1, 0.15) is 13.8 Å². The predicted octanol–water partition coefficient (Wildman–Crippen LogP) is 3.32. The Morgan fingerprint density at radius 3 is 1.33 bits per heavy atom. The first-order chi connectivity index (χ1) is 11.3. The number of hydrogen-bond acceptors (Lipinski definition) is 4. The van der Waals surface area contributed by atoms with Crippen LogP contribution < -0.4 is 10.6 Å². The molecule has 0 aliphatic carbocycles. The summed E-state index contributed by atoms with van der Waals surface area (Å²) in [6.45, 7) is 2.73. The standard InChI is InChI=1S/C18H16N2O4/c1-9(21)19-15-5-11-3-14-8-18(24)16(20-10(2)22)6-12(14)4-13(11)7-17(15)23/h3-8,23-24H,1-2H3,(H,19,21)(H,20,22). The van der Waals surface area contributed by atoms with E-state index in [1.807, 2.05) is 12.1 Å². The van der Waals surface area contributed by atoms with E-state index in [9.17, 15) is 19.8 Å². The molecule has 3 aromatic rings. The van der Waals surface area contributed by atoms with Gasteiger partial charge in [-0.1, -0.05) is 0 Å². The van der Waals surface area contributed by atoms with E-state index < -0.39 is 0 Å². The summed E-state index contributed by atoms with van der Waals surface area (Å²) in [5, 5.41) is 28.4. The van der Waals surface area contributed by atoms with Gasteiger partial charge in [0.1, 0.15) is 11.5 Å². The van der Waals surface area contributed by atoms with Crippen LogP contribution in [0.5, 0.6) is 11.5 Å². The molecule has 24 heavy (non-hydrogen) atoms. The smallest absolute Gasteiger partial charge is 0.221 e. The fourth-order valence-corrected chi connectivity index (χ4v) is 2.66. The van der Waals surface area contributed by atoms with Gasteiger partial charge in [-0.05, 0) is 57.9 Å². The molecule has 0 aliphatic heterocycles. The number of carbonyl (C=O) groups excluding carboxylic acids is 2. The van der Waals surface area contributed by atoms with Crippen molar-refractivity contribution < 1.29 is 19.8 Å². The topological polar surface area (TPSA) is 98.7 Å². The number of phenols is 2. The van der Waals surface area contributed by atoms with Gasteiger partial charge in [0, 0.05) is 13.8 Å². The van der Waals surface area contributed by atoms with Crippen LogP contribution in [0, 0.1) is 0 Å². The van der Waals surface area contributed by atoms with Crippen molar-refractivity contribution in [3.05, 3.63) is 36.4 Å². The molecule has 0 saturated carbocycles. The highest BCUT2D eigenvalue weighted by atomic mass is 16.3. The van der Waals surface area contributed by atoms with Crippen LogP contribution in [0.4, 0.5) is 11.4 Å². The van der Waals surface area contributed by atoms with Crippen molar-refractivity contribution in [3.8, 4) is 11.5 Å². The van der Waals surface area contributed by atoms with Crippen molar-refractivity contribution in [1.82, 2.24) is 0 Å². The van der Waals surface area contributed by atoms with Crippen LogP contribution in [0.25, 0.3) is 21.5 Å². The quantitative estimate of drug-likeness (QED) is 0.429. The molecule has 0 aliphatic rings. The molecular weight excluding hydrogens is 308 g/mol. The van der Waals surface area contributed by atoms with Crippen molar-refractivity contribution in [3.63, 3.8) is 0 Å². The van der Waals surface area contributed by atoms with Gasteiger partial charge in [-0.15, -0.1) is 0 Å². The highest BCUT2D eigenvalue weighted by Gasteiger charge is 2.09. The van der Waals surface area contributed by atoms with E-state index >= 15 is 0 Å². The van der Waals surface area contributed by atoms with Gasteiger partial charge >= 0.3 is 0 Å². The molecule has 0 aromatic heterocycles. The van der Waals surface area contributed by atoms with Crippen molar-refractivity contribution in [1.29, 1.82) is 0 Å². The number of amides is 2. The van der Waals surface area contributed by atoms with Gasteiger partial charge in [0.05, 0.1) is 11.4 Å². The molecule has 0 bridgehead atoms. The molecule has 4 N–H and O–H groups in total. The van der Waals surface area contributed by atoms with Crippen LogP contribution in [0.15, 0.2) is 36.4 Å². The molecule has 122 valence electrons. The minimum Gasteiger partial charge on any atom is -0.506 e. The number of fused-ring (bicyclic) bond motifs is 2. The minimum atomic E-state index is -0.275. The molecule has 0 saturated heterocycles. The molecule has 3 rings (SSSR count). The zero-order chi connectivity index (χ0) is 17.4. The highest BCUT2D eigenvalue weighted by molar-refractivity contribution is 6.04. The number of benzene rings is 3. The number of aromatic hydroxyl groups is 2. The summed E-state index contributed by atoms with van der Waals surface area (Å²) >= 11 is 0. The Hall–Kier alpha value is -3.28. The summed E-state index contributed by atoms with van der Waals surface area (Å²) < 4.78 is 0. The largest absolute Gasteiger partial charge is 0.506 e. The fourth-order valence-electron chi connectivity index (χ4n) is 2.66.